The van der Waals surface area contributed by atoms with Crippen LogP contribution in [0.5, 0.6) is 0 Å². The maximum atomic E-state index is 13.5. The van der Waals surface area contributed by atoms with E-state index in [1.807, 2.05) is 44.2 Å². The van der Waals surface area contributed by atoms with Crippen molar-refractivity contribution in [3.8, 4) is 0 Å². The van der Waals surface area contributed by atoms with E-state index < -0.39 is 23.0 Å². The molecule has 4 N–H and O–H groups in total. The van der Waals surface area contributed by atoms with Crippen LogP contribution in [0.1, 0.15) is 45.2 Å². The number of carbonyl (C=O) groups is 4. The molecule has 0 aliphatic heterocycles. The number of thioether (sulfide) groups is 1. The lowest BCUT2D eigenvalue weighted by atomic mass is 10.1. The Bertz CT molecular complexity index is 1730. The molecule has 0 fully saturated rings. The van der Waals surface area contributed by atoms with Gasteiger partial charge in [0.05, 0.1) is 21.5 Å². The normalized spacial score (nSPS) is 11.8. The van der Waals surface area contributed by atoms with Gasteiger partial charge in [0.2, 0.25) is 5.91 Å². The Morgan fingerprint density at radius 3 is 2.30 bits per heavy atom. The smallest absolute Gasteiger partial charge is 0.335 e. The summed E-state index contributed by atoms with van der Waals surface area (Å²) < 4.78 is 0. The zero-order chi connectivity index (χ0) is 31.6. The van der Waals surface area contributed by atoms with Crippen LogP contribution in [0.25, 0.3) is 6.08 Å². The van der Waals surface area contributed by atoms with Gasteiger partial charge in [0.25, 0.3) is 11.8 Å². The number of anilines is 2. The number of hydrogen-bond acceptors (Lipinski definition) is 5. The summed E-state index contributed by atoms with van der Waals surface area (Å²) in [6, 6.07) is 27.3. The lowest BCUT2D eigenvalue weighted by molar-refractivity contribution is -0.116. The molecule has 0 aromatic heterocycles. The minimum Gasteiger partial charge on any atom is -0.478 e. The lowest BCUT2D eigenvalue weighted by Crippen LogP contribution is -2.30. The van der Waals surface area contributed by atoms with Crippen LogP contribution in [0.3, 0.4) is 0 Å². The van der Waals surface area contributed by atoms with Crippen molar-refractivity contribution in [2.45, 2.75) is 30.4 Å². The summed E-state index contributed by atoms with van der Waals surface area (Å²) in [4.78, 5) is 51.6. The van der Waals surface area contributed by atoms with Gasteiger partial charge in [-0.3, -0.25) is 14.4 Å². The predicted molar refractivity (Wildman–Crippen MR) is 175 cm³/mol. The van der Waals surface area contributed by atoms with Gasteiger partial charge in [-0.1, -0.05) is 67.1 Å². The Morgan fingerprint density at radius 1 is 0.864 bits per heavy atom. The summed E-state index contributed by atoms with van der Waals surface area (Å²) in [5.74, 6) is -2.41. The van der Waals surface area contributed by atoms with Crippen LogP contribution >= 0.6 is 23.4 Å². The Hall–Kier alpha value is -4.86. The topological polar surface area (TPSA) is 125 Å². The molecule has 4 aromatic rings. The molecule has 4 aromatic carbocycles. The van der Waals surface area contributed by atoms with Crippen molar-refractivity contribution < 1.29 is 24.3 Å². The van der Waals surface area contributed by atoms with Crippen LogP contribution in [0.2, 0.25) is 5.02 Å². The molecule has 0 heterocycles. The van der Waals surface area contributed by atoms with Gasteiger partial charge in [0.1, 0.15) is 5.70 Å². The number of carboxylic acids is 1. The Balaban J connectivity index is 1.51. The zero-order valence-electron chi connectivity index (χ0n) is 24.0. The van der Waals surface area contributed by atoms with Crippen molar-refractivity contribution in [1.29, 1.82) is 0 Å². The van der Waals surface area contributed by atoms with Gasteiger partial charge in [-0.15, -0.1) is 11.8 Å². The van der Waals surface area contributed by atoms with Crippen LogP contribution in [-0.4, -0.2) is 34.0 Å². The van der Waals surface area contributed by atoms with Crippen molar-refractivity contribution >= 4 is 64.5 Å². The van der Waals surface area contributed by atoms with Gasteiger partial charge < -0.3 is 21.1 Å². The second-order valence-corrected chi connectivity index (χ2v) is 11.4. The molecular weight excluding hydrogens is 598 g/mol. The Kier molecular flexibility index (Phi) is 11.0. The maximum Gasteiger partial charge on any atom is 0.335 e. The van der Waals surface area contributed by atoms with E-state index in [-0.39, 0.29) is 27.9 Å². The highest BCUT2D eigenvalue weighted by Gasteiger charge is 2.21. The summed E-state index contributed by atoms with van der Waals surface area (Å²) >= 11 is 7.48. The van der Waals surface area contributed by atoms with Gasteiger partial charge >= 0.3 is 5.97 Å². The molecule has 10 heteroatoms. The van der Waals surface area contributed by atoms with Gasteiger partial charge in [0.15, 0.2) is 0 Å². The van der Waals surface area contributed by atoms with Gasteiger partial charge in [-0.2, -0.15) is 0 Å². The van der Waals surface area contributed by atoms with Crippen molar-refractivity contribution in [3.05, 3.63) is 130 Å². The molecule has 0 aliphatic carbocycles. The highest BCUT2D eigenvalue weighted by Crippen LogP contribution is 2.30. The van der Waals surface area contributed by atoms with Crippen molar-refractivity contribution in [3.63, 3.8) is 0 Å². The summed E-state index contributed by atoms with van der Waals surface area (Å²) in [5.41, 5.74) is 2.88. The monoisotopic (exact) mass is 627 g/mol. The SMILES string of the molecule is CCC(Sc1cccc(NC(=O)/C(=C/c2ccccc2C)NC(=O)c2ccccc2)c1)C(=O)Nc1cc(C(=O)O)ccc1Cl. The molecule has 0 aliphatic rings. The Labute approximate surface area is 264 Å². The molecule has 44 heavy (non-hydrogen) atoms. The van der Waals surface area contributed by atoms with E-state index in [0.29, 0.717) is 22.6 Å². The van der Waals surface area contributed by atoms with E-state index in [0.717, 1.165) is 11.1 Å². The standard InChI is InChI=1S/C34H30ClN3O5S/c1-3-30(33(41)37-28-19-24(34(42)43)16-17-27(28)35)44-26-15-9-14-25(20-26)36-32(40)29(18-23-13-8-7-10-21(23)2)38-31(39)22-11-5-4-6-12-22/h4-20,30H,3H2,1-2H3,(H,36,40)(H,37,41)(H,38,39)(H,42,43)/b29-18-. The Morgan fingerprint density at radius 2 is 1.59 bits per heavy atom. The number of carbonyl (C=O) groups excluding carboxylic acids is 3. The molecule has 1 atom stereocenters. The third-order valence-electron chi connectivity index (χ3n) is 6.52. The second kappa shape index (κ2) is 15.0. The first kappa shape index (κ1) is 32.1. The van der Waals surface area contributed by atoms with Gasteiger partial charge in [-0.25, -0.2) is 4.79 Å². The number of rotatable bonds is 11. The first-order valence-corrected chi connectivity index (χ1v) is 15.0. The third-order valence-corrected chi connectivity index (χ3v) is 8.21. The number of nitrogens with one attached hydrogen (secondary N) is 3. The van der Waals surface area contributed by atoms with Crippen LogP contribution in [-0.2, 0) is 9.59 Å². The summed E-state index contributed by atoms with van der Waals surface area (Å²) in [6.07, 6.45) is 2.10. The molecule has 0 spiro atoms. The maximum absolute atomic E-state index is 13.5. The number of aromatic carboxylic acids is 1. The molecule has 4 rings (SSSR count). The number of carboxylic acid groups (broad SMARTS) is 1. The van der Waals surface area contributed by atoms with Crippen LogP contribution < -0.4 is 16.0 Å². The third kappa shape index (κ3) is 8.59. The summed E-state index contributed by atoms with van der Waals surface area (Å²) in [7, 11) is 0. The number of aryl methyl sites for hydroxylation is 1. The van der Waals surface area contributed by atoms with E-state index in [4.69, 9.17) is 11.6 Å². The zero-order valence-corrected chi connectivity index (χ0v) is 25.5. The van der Waals surface area contributed by atoms with Gasteiger partial charge in [-0.05, 0) is 79.1 Å². The molecule has 3 amide bonds. The van der Waals surface area contributed by atoms with Crippen LogP contribution in [0.4, 0.5) is 11.4 Å². The van der Waals surface area contributed by atoms with Crippen LogP contribution in [0, 0.1) is 6.92 Å². The van der Waals surface area contributed by atoms with E-state index in [9.17, 15) is 24.3 Å². The molecule has 224 valence electrons. The minimum absolute atomic E-state index is 0.00430. The van der Waals surface area contributed by atoms with E-state index in [1.54, 1.807) is 54.6 Å². The summed E-state index contributed by atoms with van der Waals surface area (Å²) in [5, 5.41) is 17.3. The van der Waals surface area contributed by atoms with Crippen molar-refractivity contribution in [1.82, 2.24) is 5.32 Å². The molecule has 1 unspecified atom stereocenters. The predicted octanol–water partition coefficient (Wildman–Crippen LogP) is 7.27. The summed E-state index contributed by atoms with van der Waals surface area (Å²) in [6.45, 7) is 3.77. The molecule has 0 radical (unpaired) electrons. The number of halogens is 1. The fourth-order valence-corrected chi connectivity index (χ4v) is 5.32. The quantitative estimate of drug-likeness (QED) is 0.102. The van der Waals surface area contributed by atoms with E-state index >= 15 is 0 Å². The van der Waals surface area contributed by atoms with Crippen molar-refractivity contribution in [2.24, 2.45) is 0 Å². The van der Waals surface area contributed by atoms with Gasteiger partial charge in [0, 0.05) is 16.1 Å². The highest BCUT2D eigenvalue weighted by molar-refractivity contribution is 8.00. The second-order valence-electron chi connectivity index (χ2n) is 9.72. The minimum atomic E-state index is -1.13. The fraction of sp³-hybridized carbons (Fsp3) is 0.118. The largest absolute Gasteiger partial charge is 0.478 e. The highest BCUT2D eigenvalue weighted by atomic mass is 35.5. The number of amides is 3. The van der Waals surface area contributed by atoms with Crippen LogP contribution in [0.15, 0.2) is 108 Å². The number of hydrogen-bond donors (Lipinski definition) is 4. The fourth-order valence-electron chi connectivity index (χ4n) is 4.15. The molecule has 0 saturated carbocycles. The molecular formula is C34H30ClN3O5S. The van der Waals surface area contributed by atoms with Crippen molar-refractivity contribution in [2.75, 3.05) is 10.6 Å². The lowest BCUT2D eigenvalue weighted by Gasteiger charge is -2.17. The molecule has 8 nitrogen and oxygen atoms in total. The molecule has 0 bridgehead atoms. The first-order chi connectivity index (χ1) is 21.1. The first-order valence-electron chi connectivity index (χ1n) is 13.7. The van der Waals surface area contributed by atoms with E-state index in [1.165, 1.54) is 30.0 Å². The number of benzene rings is 4. The van der Waals surface area contributed by atoms with E-state index in [2.05, 4.69) is 16.0 Å². The average molecular weight is 628 g/mol. The average Bonchev–Trinajstić information content (AvgIpc) is 3.02. The molecule has 0 saturated heterocycles.